The third-order valence-electron chi connectivity index (χ3n) is 5.10. The minimum atomic E-state index is 0.380. The topological polar surface area (TPSA) is 26.0 Å². The maximum atomic E-state index is 6.57. The summed E-state index contributed by atoms with van der Waals surface area (Å²) in [5, 5.41) is 0. The van der Waals surface area contributed by atoms with Crippen molar-refractivity contribution >= 4 is 11.8 Å². The van der Waals surface area contributed by atoms with Crippen LogP contribution in [0.4, 0.5) is 0 Å². The molecule has 5 unspecified atom stereocenters. The highest BCUT2D eigenvalue weighted by Crippen LogP contribution is 2.45. The Morgan fingerprint density at radius 3 is 2.56 bits per heavy atom. The Balaban J connectivity index is 1.97. The van der Waals surface area contributed by atoms with Crippen LogP contribution in [-0.2, 0) is 0 Å². The van der Waals surface area contributed by atoms with Crippen LogP contribution in [0.1, 0.15) is 52.9 Å². The molecule has 0 amide bonds. The van der Waals surface area contributed by atoms with Gasteiger partial charge >= 0.3 is 0 Å². The van der Waals surface area contributed by atoms with E-state index >= 15 is 0 Å². The van der Waals surface area contributed by atoms with E-state index in [1.807, 2.05) is 0 Å². The predicted molar refractivity (Wildman–Crippen MR) is 73.7 cm³/mol. The molecule has 1 aliphatic carbocycles. The lowest BCUT2D eigenvalue weighted by atomic mass is 9.70. The van der Waals surface area contributed by atoms with Crippen LogP contribution in [0.5, 0.6) is 0 Å². The van der Waals surface area contributed by atoms with E-state index in [0.717, 1.165) is 17.8 Å². The second kappa shape index (κ2) is 4.89. The molecular weight excluding hydrogens is 214 g/mol. The molecule has 0 aromatic carbocycles. The Labute approximate surface area is 105 Å². The number of hydrogen-bond acceptors (Lipinski definition) is 2. The molecule has 0 aromatic rings. The van der Waals surface area contributed by atoms with Crippen molar-refractivity contribution in [2.24, 2.45) is 23.5 Å². The lowest BCUT2D eigenvalue weighted by Crippen LogP contribution is -2.48. The summed E-state index contributed by atoms with van der Waals surface area (Å²) in [5.41, 5.74) is 6.57. The van der Waals surface area contributed by atoms with Crippen LogP contribution in [0.2, 0.25) is 0 Å². The lowest BCUT2D eigenvalue weighted by Gasteiger charge is -2.41. The Bertz CT molecular complexity index is 235. The van der Waals surface area contributed by atoms with Gasteiger partial charge in [0.1, 0.15) is 0 Å². The van der Waals surface area contributed by atoms with Crippen molar-refractivity contribution in [3.63, 3.8) is 0 Å². The number of rotatable bonds is 2. The third kappa shape index (κ3) is 2.43. The lowest BCUT2D eigenvalue weighted by molar-refractivity contribution is 0.171. The Morgan fingerprint density at radius 1 is 1.25 bits per heavy atom. The Hall–Kier alpha value is 0.310. The van der Waals surface area contributed by atoms with Crippen LogP contribution < -0.4 is 5.73 Å². The molecule has 0 spiro atoms. The van der Waals surface area contributed by atoms with Gasteiger partial charge in [0.2, 0.25) is 0 Å². The van der Waals surface area contributed by atoms with Gasteiger partial charge in [-0.25, -0.2) is 0 Å². The molecule has 2 N–H and O–H groups in total. The fourth-order valence-electron chi connectivity index (χ4n) is 3.48. The largest absolute Gasteiger partial charge is 0.326 e. The summed E-state index contributed by atoms with van der Waals surface area (Å²) < 4.78 is 0.380. The number of nitrogens with two attached hydrogens (primary N) is 1. The van der Waals surface area contributed by atoms with Crippen LogP contribution in [0, 0.1) is 17.8 Å². The summed E-state index contributed by atoms with van der Waals surface area (Å²) >= 11 is 2.12. The van der Waals surface area contributed by atoms with Crippen LogP contribution >= 0.6 is 11.8 Å². The Morgan fingerprint density at radius 2 is 2.00 bits per heavy atom. The minimum Gasteiger partial charge on any atom is -0.326 e. The van der Waals surface area contributed by atoms with Gasteiger partial charge in [-0.05, 0) is 56.1 Å². The molecule has 1 nitrogen and oxygen atoms in total. The molecule has 0 radical (unpaired) electrons. The summed E-state index contributed by atoms with van der Waals surface area (Å²) in [4.78, 5) is 0. The second-order valence-corrected chi connectivity index (χ2v) is 7.95. The molecule has 5 atom stereocenters. The van der Waals surface area contributed by atoms with Gasteiger partial charge in [0, 0.05) is 10.8 Å². The van der Waals surface area contributed by atoms with Crippen molar-refractivity contribution in [3.05, 3.63) is 0 Å². The molecule has 0 aromatic heterocycles. The molecule has 2 heteroatoms. The molecule has 16 heavy (non-hydrogen) atoms. The van der Waals surface area contributed by atoms with Crippen molar-refractivity contribution in [1.82, 2.24) is 0 Å². The summed E-state index contributed by atoms with van der Waals surface area (Å²) in [5.74, 6) is 3.89. The van der Waals surface area contributed by atoms with Crippen molar-refractivity contribution < 1.29 is 0 Å². The monoisotopic (exact) mass is 241 g/mol. The first kappa shape index (κ1) is 12.8. The van der Waals surface area contributed by atoms with Crippen LogP contribution in [0.3, 0.4) is 0 Å². The summed E-state index contributed by atoms with van der Waals surface area (Å²) in [6, 6.07) is 0.426. The molecule has 2 rings (SSSR count). The molecule has 1 saturated heterocycles. The van der Waals surface area contributed by atoms with E-state index in [0.29, 0.717) is 10.8 Å². The fraction of sp³-hybridized carbons (Fsp3) is 1.00. The second-order valence-electron chi connectivity index (χ2n) is 6.32. The zero-order valence-electron chi connectivity index (χ0n) is 11.0. The van der Waals surface area contributed by atoms with E-state index in [2.05, 4.69) is 32.5 Å². The van der Waals surface area contributed by atoms with Gasteiger partial charge in [0.25, 0.3) is 0 Å². The maximum absolute atomic E-state index is 6.57. The minimum absolute atomic E-state index is 0.380. The van der Waals surface area contributed by atoms with Gasteiger partial charge in [0.15, 0.2) is 0 Å². The molecule has 0 bridgehead atoms. The molecule has 94 valence electrons. The normalized spacial score (nSPS) is 46.9. The first-order valence-corrected chi connectivity index (χ1v) is 7.91. The highest BCUT2D eigenvalue weighted by Gasteiger charge is 2.41. The average molecular weight is 241 g/mol. The van der Waals surface area contributed by atoms with E-state index in [1.54, 1.807) is 0 Å². The summed E-state index contributed by atoms with van der Waals surface area (Å²) in [7, 11) is 0. The van der Waals surface area contributed by atoms with Gasteiger partial charge < -0.3 is 5.73 Å². The smallest absolute Gasteiger partial charge is 0.0285 e. The van der Waals surface area contributed by atoms with E-state index < -0.39 is 0 Å². The van der Waals surface area contributed by atoms with Crippen molar-refractivity contribution in [1.29, 1.82) is 0 Å². The van der Waals surface area contributed by atoms with E-state index in [4.69, 9.17) is 5.73 Å². The van der Waals surface area contributed by atoms with E-state index in [1.165, 1.54) is 37.9 Å². The summed E-state index contributed by atoms with van der Waals surface area (Å²) in [6.07, 6.45) is 6.81. The number of hydrogen-bond donors (Lipinski definition) is 1. The van der Waals surface area contributed by atoms with Crippen LogP contribution in [-0.4, -0.2) is 16.5 Å². The SMILES string of the molecule is CC1CCC(C(N)C2(C)CCCS2)CC1C. The molecule has 2 aliphatic rings. The highest BCUT2D eigenvalue weighted by molar-refractivity contribution is 8.00. The van der Waals surface area contributed by atoms with Crippen LogP contribution in [0.25, 0.3) is 0 Å². The van der Waals surface area contributed by atoms with Crippen LogP contribution in [0.15, 0.2) is 0 Å². The zero-order valence-corrected chi connectivity index (χ0v) is 11.9. The fourth-order valence-corrected chi connectivity index (χ4v) is 4.91. The molecule has 2 fully saturated rings. The predicted octanol–water partition coefficient (Wildman–Crippen LogP) is 3.67. The number of thioether (sulfide) groups is 1. The van der Waals surface area contributed by atoms with Crippen molar-refractivity contribution in [2.75, 3.05) is 5.75 Å². The van der Waals surface area contributed by atoms with E-state index in [9.17, 15) is 0 Å². The van der Waals surface area contributed by atoms with Gasteiger partial charge in [-0.3, -0.25) is 0 Å². The van der Waals surface area contributed by atoms with E-state index in [-0.39, 0.29) is 0 Å². The first-order valence-electron chi connectivity index (χ1n) is 6.92. The molecule has 1 saturated carbocycles. The van der Waals surface area contributed by atoms with Gasteiger partial charge in [-0.15, -0.1) is 0 Å². The first-order chi connectivity index (χ1) is 7.53. The van der Waals surface area contributed by atoms with Gasteiger partial charge in [0.05, 0.1) is 0 Å². The highest BCUT2D eigenvalue weighted by atomic mass is 32.2. The van der Waals surface area contributed by atoms with Crippen molar-refractivity contribution in [2.45, 2.75) is 63.7 Å². The summed E-state index contributed by atoms with van der Waals surface area (Å²) in [6.45, 7) is 7.21. The standard InChI is InChI=1S/C14H27NS/c1-10-5-6-12(9-11(10)2)13(15)14(3)7-4-8-16-14/h10-13H,4-9,15H2,1-3H3. The molecular formula is C14H27NS. The van der Waals surface area contributed by atoms with Gasteiger partial charge in [-0.2, -0.15) is 11.8 Å². The zero-order chi connectivity index (χ0) is 11.8. The van der Waals surface area contributed by atoms with Crippen molar-refractivity contribution in [3.8, 4) is 0 Å². The molecule has 1 aliphatic heterocycles. The Kier molecular flexibility index (Phi) is 3.90. The maximum Gasteiger partial charge on any atom is 0.0285 e. The third-order valence-corrected chi connectivity index (χ3v) is 6.73. The quantitative estimate of drug-likeness (QED) is 0.798. The molecule has 1 heterocycles. The average Bonchev–Trinajstić information content (AvgIpc) is 2.70. The van der Waals surface area contributed by atoms with Gasteiger partial charge in [-0.1, -0.05) is 20.3 Å².